The lowest BCUT2D eigenvalue weighted by Crippen LogP contribution is -2.38. The summed E-state index contributed by atoms with van der Waals surface area (Å²) in [5, 5.41) is 22.5. The van der Waals surface area contributed by atoms with Gasteiger partial charge in [-0.3, -0.25) is 10.1 Å². The molecule has 2 rings (SSSR count). The van der Waals surface area contributed by atoms with Crippen molar-refractivity contribution in [2.45, 2.75) is 25.0 Å². The van der Waals surface area contributed by atoms with Gasteiger partial charge in [0.25, 0.3) is 5.69 Å². The van der Waals surface area contributed by atoms with Gasteiger partial charge < -0.3 is 10.4 Å². The molecule has 0 radical (unpaired) electrons. The SMILES string of the molecule is O=[N+]([O-])c1cc(F)cc(NC2CC(O)C2)c1. The molecule has 0 heterocycles. The molecule has 0 aromatic heterocycles. The van der Waals surface area contributed by atoms with Gasteiger partial charge in [-0.2, -0.15) is 0 Å². The highest BCUT2D eigenvalue weighted by molar-refractivity contribution is 5.52. The first-order valence-electron chi connectivity index (χ1n) is 4.94. The van der Waals surface area contributed by atoms with Crippen LogP contribution in [0.1, 0.15) is 12.8 Å². The Kier molecular flexibility index (Phi) is 2.74. The molecule has 2 N–H and O–H groups in total. The fourth-order valence-corrected chi connectivity index (χ4v) is 1.70. The molecule has 86 valence electrons. The van der Waals surface area contributed by atoms with Crippen LogP contribution in [0.4, 0.5) is 15.8 Å². The summed E-state index contributed by atoms with van der Waals surface area (Å²) in [7, 11) is 0. The maximum Gasteiger partial charge on any atom is 0.274 e. The highest BCUT2D eigenvalue weighted by atomic mass is 19.1. The minimum absolute atomic E-state index is 0.0661. The quantitative estimate of drug-likeness (QED) is 0.607. The Balaban J connectivity index is 2.11. The third-order valence-corrected chi connectivity index (χ3v) is 2.58. The lowest BCUT2D eigenvalue weighted by atomic mass is 9.89. The average Bonchev–Trinajstić information content (AvgIpc) is 2.14. The second-order valence-corrected chi connectivity index (χ2v) is 3.92. The fourth-order valence-electron chi connectivity index (χ4n) is 1.70. The molecule has 1 fully saturated rings. The summed E-state index contributed by atoms with van der Waals surface area (Å²) >= 11 is 0. The Labute approximate surface area is 91.0 Å². The van der Waals surface area contributed by atoms with Gasteiger partial charge in [0.1, 0.15) is 5.82 Å². The Morgan fingerprint density at radius 2 is 2.12 bits per heavy atom. The molecule has 1 aromatic rings. The molecule has 0 amide bonds. The third kappa shape index (κ3) is 2.27. The Morgan fingerprint density at radius 1 is 1.44 bits per heavy atom. The number of rotatable bonds is 3. The van der Waals surface area contributed by atoms with E-state index in [1.807, 2.05) is 0 Å². The fraction of sp³-hybridized carbons (Fsp3) is 0.400. The number of aliphatic hydroxyl groups excluding tert-OH is 1. The van der Waals surface area contributed by atoms with Crippen molar-refractivity contribution >= 4 is 11.4 Å². The molecule has 0 atom stereocenters. The van der Waals surface area contributed by atoms with Crippen molar-refractivity contribution in [3.05, 3.63) is 34.1 Å². The van der Waals surface area contributed by atoms with Gasteiger partial charge in [-0.25, -0.2) is 4.39 Å². The number of hydrogen-bond acceptors (Lipinski definition) is 4. The van der Waals surface area contributed by atoms with Crippen molar-refractivity contribution in [3.8, 4) is 0 Å². The van der Waals surface area contributed by atoms with E-state index in [0.717, 1.165) is 6.07 Å². The number of aliphatic hydroxyl groups is 1. The minimum atomic E-state index is -0.642. The summed E-state index contributed by atoms with van der Waals surface area (Å²) in [5.74, 6) is -0.642. The molecule has 1 aliphatic rings. The van der Waals surface area contributed by atoms with Crippen molar-refractivity contribution in [3.63, 3.8) is 0 Å². The van der Waals surface area contributed by atoms with Gasteiger partial charge in [0, 0.05) is 17.8 Å². The van der Waals surface area contributed by atoms with E-state index >= 15 is 0 Å². The van der Waals surface area contributed by atoms with Gasteiger partial charge in [0.15, 0.2) is 0 Å². The predicted molar refractivity (Wildman–Crippen MR) is 55.7 cm³/mol. The molecule has 6 heteroatoms. The molecular weight excluding hydrogens is 215 g/mol. The molecule has 0 spiro atoms. The molecule has 1 aliphatic carbocycles. The van der Waals surface area contributed by atoms with Crippen molar-refractivity contribution < 1.29 is 14.4 Å². The van der Waals surface area contributed by atoms with Crippen LogP contribution in [0.25, 0.3) is 0 Å². The van der Waals surface area contributed by atoms with Gasteiger partial charge in [-0.15, -0.1) is 0 Å². The lowest BCUT2D eigenvalue weighted by Gasteiger charge is -2.32. The number of nitrogens with one attached hydrogen (secondary N) is 1. The Morgan fingerprint density at radius 3 is 2.69 bits per heavy atom. The number of nitro groups is 1. The van der Waals surface area contributed by atoms with Crippen LogP contribution in [0, 0.1) is 15.9 Å². The molecular formula is C10H11FN2O3. The maximum absolute atomic E-state index is 13.0. The minimum Gasteiger partial charge on any atom is -0.393 e. The second kappa shape index (κ2) is 4.05. The summed E-state index contributed by atoms with van der Waals surface area (Å²) in [6, 6.07) is 3.43. The van der Waals surface area contributed by atoms with E-state index in [0.29, 0.717) is 18.5 Å². The summed E-state index contributed by atoms with van der Waals surface area (Å²) in [6.45, 7) is 0. The smallest absolute Gasteiger partial charge is 0.274 e. The first-order valence-corrected chi connectivity index (χ1v) is 4.94. The maximum atomic E-state index is 13.0. The van der Waals surface area contributed by atoms with E-state index < -0.39 is 10.7 Å². The topological polar surface area (TPSA) is 75.4 Å². The number of benzene rings is 1. The molecule has 0 aliphatic heterocycles. The number of non-ortho nitro benzene ring substituents is 1. The number of nitro benzene ring substituents is 1. The van der Waals surface area contributed by atoms with Gasteiger partial charge >= 0.3 is 0 Å². The zero-order chi connectivity index (χ0) is 11.7. The summed E-state index contributed by atoms with van der Waals surface area (Å²) in [6.07, 6.45) is 0.857. The van der Waals surface area contributed by atoms with Gasteiger partial charge in [-0.05, 0) is 18.9 Å². The highest BCUT2D eigenvalue weighted by Crippen LogP contribution is 2.26. The van der Waals surface area contributed by atoms with Crippen LogP contribution in [-0.2, 0) is 0 Å². The Hall–Kier alpha value is -1.69. The summed E-state index contributed by atoms with van der Waals surface area (Å²) in [4.78, 5) is 9.86. The molecule has 1 saturated carbocycles. The van der Waals surface area contributed by atoms with Crippen LogP contribution in [-0.4, -0.2) is 22.2 Å². The molecule has 0 saturated heterocycles. The number of hydrogen-bond donors (Lipinski definition) is 2. The zero-order valence-electron chi connectivity index (χ0n) is 8.39. The van der Waals surface area contributed by atoms with Crippen molar-refractivity contribution in [1.82, 2.24) is 0 Å². The van der Waals surface area contributed by atoms with Crippen molar-refractivity contribution in [2.75, 3.05) is 5.32 Å². The predicted octanol–water partition coefficient (Wildman–Crippen LogP) is 1.67. The standard InChI is InChI=1S/C10H11FN2O3/c11-6-1-7(3-9(2-6)13(15)16)12-8-4-10(14)5-8/h1-3,8,10,12,14H,4-5H2. The molecule has 0 unspecified atom stereocenters. The van der Waals surface area contributed by atoms with E-state index in [4.69, 9.17) is 5.11 Å². The summed E-state index contributed by atoms with van der Waals surface area (Å²) in [5.41, 5.74) is 0.103. The molecule has 16 heavy (non-hydrogen) atoms. The molecule has 5 nitrogen and oxygen atoms in total. The van der Waals surface area contributed by atoms with Crippen LogP contribution in [0.15, 0.2) is 18.2 Å². The third-order valence-electron chi connectivity index (χ3n) is 2.58. The van der Waals surface area contributed by atoms with E-state index in [1.54, 1.807) is 0 Å². The van der Waals surface area contributed by atoms with Crippen LogP contribution in [0.2, 0.25) is 0 Å². The number of anilines is 1. The van der Waals surface area contributed by atoms with E-state index in [9.17, 15) is 14.5 Å². The first kappa shape index (κ1) is 10.8. The highest BCUT2D eigenvalue weighted by Gasteiger charge is 2.27. The number of nitrogens with zero attached hydrogens (tertiary/aromatic N) is 1. The van der Waals surface area contributed by atoms with Gasteiger partial charge in [0.2, 0.25) is 0 Å². The van der Waals surface area contributed by atoms with Crippen LogP contribution in [0.3, 0.4) is 0 Å². The lowest BCUT2D eigenvalue weighted by molar-refractivity contribution is -0.385. The average molecular weight is 226 g/mol. The summed E-state index contributed by atoms with van der Waals surface area (Å²) < 4.78 is 13.0. The van der Waals surface area contributed by atoms with E-state index in [1.165, 1.54) is 12.1 Å². The van der Waals surface area contributed by atoms with Crippen molar-refractivity contribution in [1.29, 1.82) is 0 Å². The monoisotopic (exact) mass is 226 g/mol. The van der Waals surface area contributed by atoms with Crippen LogP contribution >= 0.6 is 0 Å². The van der Waals surface area contributed by atoms with E-state index in [-0.39, 0.29) is 17.8 Å². The largest absolute Gasteiger partial charge is 0.393 e. The molecule has 0 bridgehead atoms. The zero-order valence-corrected chi connectivity index (χ0v) is 8.39. The van der Waals surface area contributed by atoms with Gasteiger partial charge in [-0.1, -0.05) is 0 Å². The molecule has 1 aromatic carbocycles. The normalized spacial score (nSPS) is 23.6. The second-order valence-electron chi connectivity index (χ2n) is 3.92. The van der Waals surface area contributed by atoms with Crippen LogP contribution < -0.4 is 5.32 Å². The number of halogens is 1. The first-order chi connectivity index (χ1) is 7.54. The van der Waals surface area contributed by atoms with Crippen molar-refractivity contribution in [2.24, 2.45) is 0 Å². The van der Waals surface area contributed by atoms with Gasteiger partial charge in [0.05, 0.1) is 17.1 Å². The Bertz CT molecular complexity index is 419. The van der Waals surface area contributed by atoms with Crippen LogP contribution in [0.5, 0.6) is 0 Å². The van der Waals surface area contributed by atoms with E-state index in [2.05, 4.69) is 5.32 Å².